The highest BCUT2D eigenvalue weighted by Crippen LogP contribution is 2.42. The van der Waals surface area contributed by atoms with Crippen LogP contribution in [-0.2, 0) is 4.79 Å². The van der Waals surface area contributed by atoms with Crippen molar-refractivity contribution in [3.8, 4) is 11.5 Å². The van der Waals surface area contributed by atoms with Crippen molar-refractivity contribution in [3.63, 3.8) is 0 Å². The van der Waals surface area contributed by atoms with Crippen molar-refractivity contribution in [2.45, 2.75) is 6.92 Å². The van der Waals surface area contributed by atoms with Gasteiger partial charge in [0.1, 0.15) is 5.82 Å². The second kappa shape index (κ2) is 9.27. The number of carboxylic acid groups (broad SMARTS) is 1. The molecule has 2 aromatic carbocycles. The lowest BCUT2D eigenvalue weighted by Crippen LogP contribution is -2.20. The highest BCUT2D eigenvalue weighted by Gasteiger charge is 2.18. The van der Waals surface area contributed by atoms with Crippen LogP contribution in [0.25, 0.3) is 10.9 Å². The van der Waals surface area contributed by atoms with E-state index in [-0.39, 0.29) is 11.3 Å². The molecule has 1 heterocycles. The molecule has 156 valence electrons. The third-order valence-corrected chi connectivity index (χ3v) is 6.63. The molecule has 3 aromatic rings. The first kappa shape index (κ1) is 22.4. The molecule has 0 saturated carbocycles. The second-order valence-electron chi connectivity index (χ2n) is 5.99. The van der Waals surface area contributed by atoms with E-state index in [0.29, 0.717) is 37.0 Å². The van der Waals surface area contributed by atoms with E-state index < -0.39 is 12.6 Å². The fourth-order valence-corrected chi connectivity index (χ4v) is 3.93. The number of ether oxygens (including phenoxy) is 2. The van der Waals surface area contributed by atoms with Crippen molar-refractivity contribution in [2.24, 2.45) is 5.10 Å². The highest BCUT2D eigenvalue weighted by molar-refractivity contribution is 9.13. The molecule has 8 nitrogen and oxygen atoms in total. The van der Waals surface area contributed by atoms with Gasteiger partial charge >= 0.3 is 5.97 Å². The van der Waals surface area contributed by atoms with Gasteiger partial charge in [-0.05, 0) is 63.0 Å². The Morgan fingerprint density at radius 2 is 2.00 bits per heavy atom. The third-order valence-electron chi connectivity index (χ3n) is 4.00. The fourth-order valence-electron chi connectivity index (χ4n) is 2.63. The van der Waals surface area contributed by atoms with Crippen LogP contribution in [0, 0.1) is 6.92 Å². The van der Waals surface area contributed by atoms with Gasteiger partial charge in [0.15, 0.2) is 18.1 Å². The van der Waals surface area contributed by atoms with Crippen LogP contribution >= 0.6 is 47.8 Å². The number of rotatable bonds is 6. The Hall–Kier alpha value is -2.24. The highest BCUT2D eigenvalue weighted by atomic mass is 79.9. The number of hydrogen-bond donors (Lipinski definition) is 1. The second-order valence-corrected chi connectivity index (χ2v) is 8.49. The van der Waals surface area contributed by atoms with E-state index in [1.807, 2.05) is 6.07 Å². The quantitative estimate of drug-likeness (QED) is 0.421. The number of hydrogen-bond acceptors (Lipinski definition) is 6. The minimum absolute atomic E-state index is 0.231. The van der Waals surface area contributed by atoms with Crippen molar-refractivity contribution in [1.82, 2.24) is 9.66 Å². The average Bonchev–Trinajstić information content (AvgIpc) is 2.70. The SMILES string of the molecule is COc1cc(C=Nn2c(C)nc3ccc(Br)cc3c2=O)c(Br)c(Br)c1OCC(=O)O. The molecule has 0 aliphatic rings. The number of methoxy groups -OCH3 is 1. The number of fused-ring (bicyclic) bond motifs is 1. The number of aliphatic carboxylic acids is 1. The maximum absolute atomic E-state index is 12.9. The van der Waals surface area contributed by atoms with Gasteiger partial charge < -0.3 is 14.6 Å². The van der Waals surface area contributed by atoms with Crippen molar-refractivity contribution in [3.05, 3.63) is 59.4 Å². The molecule has 0 bridgehead atoms. The van der Waals surface area contributed by atoms with Crippen LogP contribution in [0.4, 0.5) is 0 Å². The Kier molecular flexibility index (Phi) is 6.94. The maximum atomic E-state index is 12.9. The zero-order chi connectivity index (χ0) is 22.0. The lowest BCUT2D eigenvalue weighted by atomic mass is 10.2. The number of halogens is 3. The molecule has 0 spiro atoms. The van der Waals surface area contributed by atoms with Crippen LogP contribution in [0.3, 0.4) is 0 Å². The number of carbonyl (C=O) groups is 1. The van der Waals surface area contributed by atoms with Crippen LogP contribution in [-0.4, -0.2) is 40.7 Å². The monoisotopic (exact) mass is 601 g/mol. The van der Waals surface area contributed by atoms with Gasteiger partial charge in [-0.25, -0.2) is 9.78 Å². The Bertz CT molecular complexity index is 1240. The first-order chi connectivity index (χ1) is 14.2. The van der Waals surface area contributed by atoms with Gasteiger partial charge in [0, 0.05) is 14.5 Å². The molecule has 3 rings (SSSR count). The van der Waals surface area contributed by atoms with Crippen molar-refractivity contribution >= 4 is 70.9 Å². The molecule has 0 amide bonds. The molecule has 0 fully saturated rings. The molecule has 1 N–H and O–H groups in total. The number of nitrogens with zero attached hydrogens (tertiary/aromatic N) is 3. The molecule has 0 aliphatic carbocycles. The van der Waals surface area contributed by atoms with Crippen LogP contribution in [0.2, 0.25) is 0 Å². The fraction of sp³-hybridized carbons (Fsp3) is 0.158. The summed E-state index contributed by atoms with van der Waals surface area (Å²) in [7, 11) is 1.43. The van der Waals surface area contributed by atoms with E-state index >= 15 is 0 Å². The number of aromatic nitrogens is 2. The Balaban J connectivity index is 2.07. The summed E-state index contributed by atoms with van der Waals surface area (Å²) in [6, 6.07) is 6.88. The molecule has 1 aromatic heterocycles. The predicted octanol–water partition coefficient (Wildman–Crippen LogP) is 4.35. The van der Waals surface area contributed by atoms with E-state index in [0.717, 1.165) is 4.47 Å². The van der Waals surface area contributed by atoms with E-state index in [2.05, 4.69) is 57.9 Å². The molecule has 0 atom stereocenters. The van der Waals surface area contributed by atoms with Gasteiger partial charge in [-0.3, -0.25) is 4.79 Å². The molecular weight excluding hydrogens is 590 g/mol. The van der Waals surface area contributed by atoms with Gasteiger partial charge in [0.05, 0.1) is 28.7 Å². The topological polar surface area (TPSA) is 103 Å². The van der Waals surface area contributed by atoms with Crippen LogP contribution in [0.1, 0.15) is 11.4 Å². The zero-order valence-electron chi connectivity index (χ0n) is 15.6. The minimum Gasteiger partial charge on any atom is -0.493 e. The van der Waals surface area contributed by atoms with Gasteiger partial charge in [-0.1, -0.05) is 15.9 Å². The smallest absolute Gasteiger partial charge is 0.341 e. The summed E-state index contributed by atoms with van der Waals surface area (Å²) in [5.74, 6) is -0.155. The molecule has 0 radical (unpaired) electrons. The summed E-state index contributed by atoms with van der Waals surface area (Å²) in [5, 5.41) is 13.6. The lowest BCUT2D eigenvalue weighted by Gasteiger charge is -2.14. The molecule has 30 heavy (non-hydrogen) atoms. The number of carboxylic acids is 1. The van der Waals surface area contributed by atoms with Crippen LogP contribution < -0.4 is 15.0 Å². The maximum Gasteiger partial charge on any atom is 0.341 e. The normalized spacial score (nSPS) is 11.2. The Morgan fingerprint density at radius 3 is 2.67 bits per heavy atom. The molecule has 11 heteroatoms. The van der Waals surface area contributed by atoms with E-state index in [1.165, 1.54) is 18.0 Å². The van der Waals surface area contributed by atoms with E-state index in [9.17, 15) is 9.59 Å². The van der Waals surface area contributed by atoms with Crippen molar-refractivity contribution in [1.29, 1.82) is 0 Å². The third kappa shape index (κ3) is 4.57. The Morgan fingerprint density at radius 1 is 1.27 bits per heavy atom. The predicted molar refractivity (Wildman–Crippen MR) is 123 cm³/mol. The summed E-state index contributed by atoms with van der Waals surface area (Å²) in [6.45, 7) is 1.16. The molecular formula is C19H14Br3N3O5. The van der Waals surface area contributed by atoms with Gasteiger partial charge in [-0.2, -0.15) is 9.78 Å². The molecule has 0 unspecified atom stereocenters. The Labute approximate surface area is 195 Å². The number of benzene rings is 2. The van der Waals surface area contributed by atoms with Crippen LogP contribution in [0.15, 0.2) is 47.6 Å². The summed E-state index contributed by atoms with van der Waals surface area (Å²) < 4.78 is 13.6. The zero-order valence-corrected chi connectivity index (χ0v) is 20.4. The summed E-state index contributed by atoms with van der Waals surface area (Å²) in [5.41, 5.74) is 0.846. The van der Waals surface area contributed by atoms with Gasteiger partial charge in [0.2, 0.25) is 0 Å². The standard InChI is InChI=1S/C19H14Br3N3O5/c1-9-24-13-4-3-11(20)6-12(13)19(28)25(9)23-7-10-5-14(29-2)18(17(22)16(10)21)30-8-15(26)27/h3-7H,8H2,1-2H3,(H,26,27). The summed E-state index contributed by atoms with van der Waals surface area (Å²) >= 11 is 10.2. The first-order valence-corrected chi connectivity index (χ1v) is 10.7. The van der Waals surface area contributed by atoms with Crippen LogP contribution in [0.5, 0.6) is 11.5 Å². The molecule has 0 aliphatic heterocycles. The minimum atomic E-state index is -1.11. The summed E-state index contributed by atoms with van der Waals surface area (Å²) in [4.78, 5) is 28.1. The van der Waals surface area contributed by atoms with Crippen molar-refractivity contribution in [2.75, 3.05) is 13.7 Å². The van der Waals surface area contributed by atoms with Crippen molar-refractivity contribution < 1.29 is 19.4 Å². The van der Waals surface area contributed by atoms with E-state index in [1.54, 1.807) is 25.1 Å². The average molecular weight is 604 g/mol. The van der Waals surface area contributed by atoms with E-state index in [4.69, 9.17) is 14.6 Å². The lowest BCUT2D eigenvalue weighted by molar-refractivity contribution is -0.139. The van der Waals surface area contributed by atoms with Gasteiger partial charge in [-0.15, -0.1) is 0 Å². The number of aryl methyl sites for hydroxylation is 1. The molecule has 0 saturated heterocycles. The first-order valence-electron chi connectivity index (χ1n) is 8.36. The van der Waals surface area contributed by atoms with Gasteiger partial charge in [0.25, 0.3) is 5.56 Å². The summed E-state index contributed by atoms with van der Waals surface area (Å²) in [6.07, 6.45) is 1.47. The largest absolute Gasteiger partial charge is 0.493 e.